The first-order chi connectivity index (χ1) is 6.94. The third-order valence-corrected chi connectivity index (χ3v) is 3.78. The van der Waals surface area contributed by atoms with Crippen LogP contribution in [0.25, 0.3) is 0 Å². The first kappa shape index (κ1) is 14.2. The largest absolute Gasteiger partial charge is 0.384 e. The van der Waals surface area contributed by atoms with Gasteiger partial charge in [0, 0.05) is 19.8 Å². The van der Waals surface area contributed by atoms with Gasteiger partial charge in [0.15, 0.2) is 0 Å². The molecule has 15 heavy (non-hydrogen) atoms. The molecule has 1 N–H and O–H groups in total. The number of nitrogens with one attached hydrogen (secondary N) is 1. The Bertz CT molecular complexity index is 354. The van der Waals surface area contributed by atoms with Crippen molar-refractivity contribution < 1.29 is 8.42 Å². The summed E-state index contributed by atoms with van der Waals surface area (Å²) in [4.78, 5) is 0.406. The SMILES string of the molecule is CC.CC1=CC=C(S(=O)(=O)N(C)C)CN1. The van der Waals surface area contributed by atoms with E-state index in [0.29, 0.717) is 11.4 Å². The lowest BCUT2D eigenvalue weighted by Gasteiger charge is -2.18. The molecular weight excluding hydrogens is 212 g/mol. The molecule has 0 unspecified atom stereocenters. The van der Waals surface area contributed by atoms with Crippen molar-refractivity contribution in [1.82, 2.24) is 9.62 Å². The van der Waals surface area contributed by atoms with Crippen LogP contribution < -0.4 is 5.32 Å². The summed E-state index contributed by atoms with van der Waals surface area (Å²) in [7, 11) is -0.178. The van der Waals surface area contributed by atoms with Crippen LogP contribution in [0.5, 0.6) is 0 Å². The van der Waals surface area contributed by atoms with E-state index in [4.69, 9.17) is 0 Å². The lowest BCUT2D eigenvalue weighted by molar-refractivity contribution is 0.526. The van der Waals surface area contributed by atoms with Crippen LogP contribution in [0.3, 0.4) is 0 Å². The fourth-order valence-corrected chi connectivity index (χ4v) is 1.94. The van der Waals surface area contributed by atoms with E-state index in [2.05, 4.69) is 5.32 Å². The monoisotopic (exact) mass is 232 g/mol. The summed E-state index contributed by atoms with van der Waals surface area (Å²) >= 11 is 0. The molecule has 88 valence electrons. The summed E-state index contributed by atoms with van der Waals surface area (Å²) in [6.07, 6.45) is 3.40. The third-order valence-electron chi connectivity index (χ3n) is 1.87. The molecule has 0 fully saturated rings. The minimum absolute atomic E-state index is 0.378. The smallest absolute Gasteiger partial charge is 0.240 e. The topological polar surface area (TPSA) is 49.4 Å². The van der Waals surface area contributed by atoms with Gasteiger partial charge in [-0.1, -0.05) is 13.8 Å². The molecule has 4 nitrogen and oxygen atoms in total. The van der Waals surface area contributed by atoms with Crippen LogP contribution in [0.15, 0.2) is 22.8 Å². The Morgan fingerprint density at radius 1 is 1.27 bits per heavy atom. The average Bonchev–Trinajstić information content (AvgIpc) is 2.21. The molecule has 1 rings (SSSR count). The average molecular weight is 232 g/mol. The minimum Gasteiger partial charge on any atom is -0.384 e. The van der Waals surface area contributed by atoms with Crippen molar-refractivity contribution in [1.29, 1.82) is 0 Å². The maximum Gasteiger partial charge on any atom is 0.240 e. The van der Waals surface area contributed by atoms with E-state index in [1.165, 1.54) is 18.4 Å². The van der Waals surface area contributed by atoms with Gasteiger partial charge in [-0.25, -0.2) is 12.7 Å². The number of hydrogen-bond donors (Lipinski definition) is 1. The van der Waals surface area contributed by atoms with Gasteiger partial charge >= 0.3 is 0 Å². The van der Waals surface area contributed by atoms with Gasteiger partial charge in [-0.05, 0) is 19.1 Å². The standard InChI is InChI=1S/C8H14N2O2S.C2H6/c1-7-4-5-8(6-9-7)13(11,12)10(2)3;1-2/h4-5,9H,6H2,1-3H3;1-2H3. The summed E-state index contributed by atoms with van der Waals surface area (Å²) in [6.45, 7) is 6.28. The summed E-state index contributed by atoms with van der Waals surface area (Å²) in [5.41, 5.74) is 0.984. The first-order valence-corrected chi connectivity index (χ1v) is 6.42. The van der Waals surface area contributed by atoms with E-state index >= 15 is 0 Å². The molecule has 0 atom stereocenters. The summed E-state index contributed by atoms with van der Waals surface area (Å²) in [5, 5.41) is 2.98. The molecule has 5 heteroatoms. The highest BCUT2D eigenvalue weighted by Crippen LogP contribution is 2.12. The zero-order valence-electron chi connectivity index (χ0n) is 10.0. The Hall–Kier alpha value is -0.810. The molecule has 0 aromatic carbocycles. The number of hydrogen-bond acceptors (Lipinski definition) is 3. The Kier molecular flexibility index (Phi) is 5.60. The van der Waals surface area contributed by atoms with E-state index < -0.39 is 10.0 Å². The highest BCUT2D eigenvalue weighted by atomic mass is 32.2. The van der Waals surface area contributed by atoms with Crippen LogP contribution in [-0.4, -0.2) is 33.4 Å². The molecule has 0 radical (unpaired) electrons. The first-order valence-electron chi connectivity index (χ1n) is 4.98. The van der Waals surface area contributed by atoms with Gasteiger partial charge in [-0.2, -0.15) is 0 Å². The normalized spacial score (nSPS) is 15.9. The maximum absolute atomic E-state index is 11.6. The highest BCUT2D eigenvalue weighted by Gasteiger charge is 2.20. The van der Waals surface area contributed by atoms with Crippen LogP contribution in [0, 0.1) is 0 Å². The number of sulfonamides is 1. The molecule has 1 heterocycles. The molecule has 0 saturated carbocycles. The van der Waals surface area contributed by atoms with E-state index in [-0.39, 0.29) is 0 Å². The van der Waals surface area contributed by atoms with Crippen molar-refractivity contribution in [3.05, 3.63) is 22.8 Å². The quantitative estimate of drug-likeness (QED) is 0.780. The number of allylic oxidation sites excluding steroid dienone is 3. The Morgan fingerprint density at radius 2 is 1.80 bits per heavy atom. The van der Waals surface area contributed by atoms with Crippen molar-refractivity contribution in [3.63, 3.8) is 0 Å². The maximum atomic E-state index is 11.6. The van der Waals surface area contributed by atoms with Crippen molar-refractivity contribution >= 4 is 10.0 Å². The predicted molar refractivity (Wildman–Crippen MR) is 63.8 cm³/mol. The van der Waals surface area contributed by atoms with Crippen molar-refractivity contribution in [2.75, 3.05) is 20.6 Å². The van der Waals surface area contributed by atoms with Crippen molar-refractivity contribution in [3.8, 4) is 0 Å². The van der Waals surface area contributed by atoms with Gasteiger partial charge in [0.25, 0.3) is 0 Å². The third kappa shape index (κ3) is 3.68. The van der Waals surface area contributed by atoms with Crippen LogP contribution in [0.4, 0.5) is 0 Å². The Morgan fingerprint density at radius 3 is 2.13 bits per heavy atom. The lowest BCUT2D eigenvalue weighted by atomic mass is 10.3. The second-order valence-electron chi connectivity index (χ2n) is 3.12. The van der Waals surface area contributed by atoms with Crippen LogP contribution in [-0.2, 0) is 10.0 Å². The van der Waals surface area contributed by atoms with Gasteiger partial charge in [-0.15, -0.1) is 0 Å². The molecule has 0 bridgehead atoms. The van der Waals surface area contributed by atoms with Crippen LogP contribution >= 0.6 is 0 Å². The van der Waals surface area contributed by atoms with Crippen LogP contribution in [0.1, 0.15) is 20.8 Å². The fourth-order valence-electron chi connectivity index (χ4n) is 0.974. The van der Waals surface area contributed by atoms with Gasteiger partial charge < -0.3 is 5.32 Å². The number of dihydropyridines is 1. The summed E-state index contributed by atoms with van der Waals surface area (Å²) in [6, 6.07) is 0. The molecule has 1 aliphatic heterocycles. The second-order valence-corrected chi connectivity index (χ2v) is 5.33. The Labute approximate surface area is 92.7 Å². The van der Waals surface area contributed by atoms with Gasteiger partial charge in [0.1, 0.15) is 0 Å². The van der Waals surface area contributed by atoms with Gasteiger partial charge in [0.05, 0.1) is 11.4 Å². The molecule has 0 spiro atoms. The summed E-state index contributed by atoms with van der Waals surface area (Å²) < 4.78 is 24.4. The molecular formula is C10H20N2O2S. The number of nitrogens with zero attached hydrogens (tertiary/aromatic N) is 1. The Balaban J connectivity index is 0.000000921. The van der Waals surface area contributed by atoms with Crippen LogP contribution in [0.2, 0.25) is 0 Å². The second kappa shape index (κ2) is 5.92. The van der Waals surface area contributed by atoms with E-state index in [1.54, 1.807) is 12.2 Å². The highest BCUT2D eigenvalue weighted by molar-refractivity contribution is 7.93. The van der Waals surface area contributed by atoms with E-state index in [1.807, 2.05) is 20.8 Å². The van der Waals surface area contributed by atoms with E-state index in [0.717, 1.165) is 5.70 Å². The summed E-state index contributed by atoms with van der Waals surface area (Å²) in [5.74, 6) is 0. The zero-order valence-corrected chi connectivity index (χ0v) is 10.9. The van der Waals surface area contributed by atoms with Gasteiger partial charge in [-0.3, -0.25) is 0 Å². The molecule has 0 aliphatic carbocycles. The van der Waals surface area contributed by atoms with Crippen molar-refractivity contribution in [2.24, 2.45) is 0 Å². The van der Waals surface area contributed by atoms with Crippen molar-refractivity contribution in [2.45, 2.75) is 20.8 Å². The molecule has 0 aromatic heterocycles. The molecule has 0 aromatic rings. The lowest BCUT2D eigenvalue weighted by Crippen LogP contribution is -2.30. The molecule has 0 saturated heterocycles. The predicted octanol–water partition coefficient (Wildman–Crippen LogP) is 1.29. The van der Waals surface area contributed by atoms with E-state index in [9.17, 15) is 8.42 Å². The molecule has 0 amide bonds. The fraction of sp³-hybridized carbons (Fsp3) is 0.600. The van der Waals surface area contributed by atoms with Gasteiger partial charge in [0.2, 0.25) is 10.0 Å². The molecule has 1 aliphatic rings. The number of rotatable bonds is 2. The zero-order chi connectivity index (χ0) is 12.1. The minimum atomic E-state index is -3.24.